The summed E-state index contributed by atoms with van der Waals surface area (Å²) in [5, 5.41) is 8.67. The van der Waals surface area contributed by atoms with Gasteiger partial charge < -0.3 is 14.7 Å². The van der Waals surface area contributed by atoms with Crippen LogP contribution in [0.5, 0.6) is 5.75 Å². The predicted octanol–water partition coefficient (Wildman–Crippen LogP) is 4.30. The summed E-state index contributed by atoms with van der Waals surface area (Å²) in [6.07, 6.45) is 3.59. The minimum Gasteiger partial charge on any atom is -0.494 e. The van der Waals surface area contributed by atoms with E-state index in [4.69, 9.17) is 9.84 Å². The number of amides is 1. The van der Waals surface area contributed by atoms with E-state index in [0.717, 1.165) is 31.4 Å². The molecule has 0 saturated heterocycles. The lowest BCUT2D eigenvalue weighted by Gasteiger charge is -2.21. The van der Waals surface area contributed by atoms with Crippen LogP contribution in [0.15, 0.2) is 54.6 Å². The molecule has 0 aliphatic heterocycles. The lowest BCUT2D eigenvalue weighted by atomic mass is 10.1. The van der Waals surface area contributed by atoms with Gasteiger partial charge in [-0.25, -0.2) is 0 Å². The second-order valence-electron chi connectivity index (χ2n) is 6.88. The van der Waals surface area contributed by atoms with Gasteiger partial charge in [-0.3, -0.25) is 9.59 Å². The molecule has 2 rings (SSSR count). The molecule has 1 N–H and O–H groups in total. The fourth-order valence-corrected chi connectivity index (χ4v) is 2.99. The van der Waals surface area contributed by atoms with Gasteiger partial charge in [-0.05, 0) is 48.9 Å². The van der Waals surface area contributed by atoms with Crippen molar-refractivity contribution in [2.75, 3.05) is 13.2 Å². The zero-order chi connectivity index (χ0) is 20.2. The molecule has 150 valence electrons. The van der Waals surface area contributed by atoms with E-state index in [2.05, 4.69) is 12.1 Å². The van der Waals surface area contributed by atoms with Gasteiger partial charge in [0, 0.05) is 26.4 Å². The van der Waals surface area contributed by atoms with Crippen LogP contribution in [0.25, 0.3) is 0 Å². The predicted molar refractivity (Wildman–Crippen MR) is 109 cm³/mol. The van der Waals surface area contributed by atoms with Crippen molar-refractivity contribution in [2.24, 2.45) is 0 Å². The number of benzene rings is 2. The first-order chi connectivity index (χ1) is 13.5. The number of carboxylic acid groups (broad SMARTS) is 1. The molecular formula is C23H29NO4. The number of aliphatic carboxylic acids is 1. The molecular weight excluding hydrogens is 354 g/mol. The molecule has 0 bridgehead atoms. The SMILES string of the molecule is CC(=O)N(CCCCc1ccccc1)Cc1cccc(OCCCC(=O)O)c1. The average molecular weight is 383 g/mol. The van der Waals surface area contributed by atoms with Crippen molar-refractivity contribution in [3.8, 4) is 5.75 Å². The van der Waals surface area contributed by atoms with Crippen molar-refractivity contribution in [1.82, 2.24) is 4.90 Å². The molecule has 0 spiro atoms. The molecule has 0 heterocycles. The first-order valence-corrected chi connectivity index (χ1v) is 9.77. The van der Waals surface area contributed by atoms with E-state index in [1.807, 2.05) is 47.4 Å². The van der Waals surface area contributed by atoms with Gasteiger partial charge in [-0.2, -0.15) is 0 Å². The van der Waals surface area contributed by atoms with Crippen LogP contribution < -0.4 is 4.74 Å². The lowest BCUT2D eigenvalue weighted by molar-refractivity contribution is -0.137. The number of rotatable bonds is 12. The molecule has 1 amide bonds. The minimum absolute atomic E-state index is 0.0625. The third-order valence-corrected chi connectivity index (χ3v) is 4.51. The van der Waals surface area contributed by atoms with Crippen molar-refractivity contribution < 1.29 is 19.4 Å². The van der Waals surface area contributed by atoms with Crippen LogP contribution >= 0.6 is 0 Å². The first kappa shape index (κ1) is 21.5. The number of nitrogens with zero attached hydrogens (tertiary/aromatic N) is 1. The molecule has 5 heteroatoms. The van der Waals surface area contributed by atoms with E-state index in [-0.39, 0.29) is 12.3 Å². The Morgan fingerprint density at radius 1 is 0.964 bits per heavy atom. The van der Waals surface area contributed by atoms with Gasteiger partial charge in [-0.15, -0.1) is 0 Å². The molecule has 0 aliphatic rings. The van der Waals surface area contributed by atoms with Crippen molar-refractivity contribution in [1.29, 1.82) is 0 Å². The Morgan fingerprint density at radius 2 is 1.71 bits per heavy atom. The highest BCUT2D eigenvalue weighted by Crippen LogP contribution is 2.16. The van der Waals surface area contributed by atoms with Crippen LogP contribution in [0, 0.1) is 0 Å². The van der Waals surface area contributed by atoms with Crippen molar-refractivity contribution in [3.05, 3.63) is 65.7 Å². The minimum atomic E-state index is -0.818. The summed E-state index contributed by atoms with van der Waals surface area (Å²) in [5.74, 6) is -0.0512. The number of hydrogen-bond acceptors (Lipinski definition) is 3. The van der Waals surface area contributed by atoms with Gasteiger partial charge >= 0.3 is 5.97 Å². The van der Waals surface area contributed by atoms with Gasteiger partial charge in [0.05, 0.1) is 6.61 Å². The second-order valence-corrected chi connectivity index (χ2v) is 6.88. The van der Waals surface area contributed by atoms with Crippen LogP contribution in [-0.2, 0) is 22.6 Å². The largest absolute Gasteiger partial charge is 0.494 e. The maximum Gasteiger partial charge on any atom is 0.303 e. The van der Waals surface area contributed by atoms with Crippen LogP contribution in [0.1, 0.15) is 43.7 Å². The maximum atomic E-state index is 12.0. The van der Waals surface area contributed by atoms with Crippen LogP contribution in [-0.4, -0.2) is 35.0 Å². The van der Waals surface area contributed by atoms with Crippen LogP contribution in [0.3, 0.4) is 0 Å². The summed E-state index contributed by atoms with van der Waals surface area (Å²) in [7, 11) is 0. The smallest absolute Gasteiger partial charge is 0.303 e. The second kappa shape index (κ2) is 11.8. The first-order valence-electron chi connectivity index (χ1n) is 9.77. The molecule has 0 unspecified atom stereocenters. The Bertz CT molecular complexity index is 745. The molecule has 0 atom stereocenters. The molecule has 0 radical (unpaired) electrons. The third kappa shape index (κ3) is 8.25. The van der Waals surface area contributed by atoms with E-state index in [1.165, 1.54) is 5.56 Å². The Hall–Kier alpha value is -2.82. The molecule has 28 heavy (non-hydrogen) atoms. The van der Waals surface area contributed by atoms with Gasteiger partial charge in [-0.1, -0.05) is 42.5 Å². The van der Waals surface area contributed by atoms with Crippen LogP contribution in [0.2, 0.25) is 0 Å². The fourth-order valence-electron chi connectivity index (χ4n) is 2.99. The van der Waals surface area contributed by atoms with E-state index in [9.17, 15) is 9.59 Å². The highest BCUT2D eigenvalue weighted by molar-refractivity contribution is 5.73. The Morgan fingerprint density at radius 3 is 2.43 bits per heavy atom. The van der Waals surface area contributed by atoms with Gasteiger partial charge in [0.25, 0.3) is 0 Å². The van der Waals surface area contributed by atoms with E-state index < -0.39 is 5.97 Å². The van der Waals surface area contributed by atoms with Gasteiger partial charge in [0.2, 0.25) is 5.91 Å². The third-order valence-electron chi connectivity index (χ3n) is 4.51. The van der Waals surface area contributed by atoms with E-state index >= 15 is 0 Å². The number of aryl methyl sites for hydroxylation is 1. The fraction of sp³-hybridized carbons (Fsp3) is 0.391. The molecule has 2 aromatic carbocycles. The Labute approximate surface area is 166 Å². The zero-order valence-corrected chi connectivity index (χ0v) is 16.5. The summed E-state index contributed by atoms with van der Waals surface area (Å²) in [5.41, 5.74) is 2.33. The summed E-state index contributed by atoms with van der Waals surface area (Å²) in [4.78, 5) is 24.4. The Kier molecular flexibility index (Phi) is 9.05. The molecule has 0 aromatic heterocycles. The summed E-state index contributed by atoms with van der Waals surface area (Å²) in [6.45, 7) is 3.24. The molecule has 0 saturated carbocycles. The Balaban J connectivity index is 1.79. The summed E-state index contributed by atoms with van der Waals surface area (Å²) >= 11 is 0. The highest BCUT2D eigenvalue weighted by Gasteiger charge is 2.10. The zero-order valence-electron chi connectivity index (χ0n) is 16.5. The molecule has 0 aliphatic carbocycles. The number of hydrogen-bond donors (Lipinski definition) is 1. The van der Waals surface area contributed by atoms with Crippen molar-refractivity contribution >= 4 is 11.9 Å². The number of ether oxygens (including phenoxy) is 1. The van der Waals surface area contributed by atoms with Crippen molar-refractivity contribution in [3.63, 3.8) is 0 Å². The molecule has 5 nitrogen and oxygen atoms in total. The number of carbonyl (C=O) groups excluding carboxylic acids is 1. The van der Waals surface area contributed by atoms with Gasteiger partial charge in [0.1, 0.15) is 5.75 Å². The standard InChI is InChI=1S/C23H29NO4/c1-19(25)24(15-6-5-11-20-9-3-2-4-10-20)18-21-12-7-13-22(17-21)28-16-8-14-23(26)27/h2-4,7,9-10,12-13,17H,5-6,8,11,14-16,18H2,1H3,(H,26,27). The lowest BCUT2D eigenvalue weighted by Crippen LogP contribution is -2.29. The van der Waals surface area contributed by atoms with E-state index in [1.54, 1.807) is 6.92 Å². The highest BCUT2D eigenvalue weighted by atomic mass is 16.5. The number of carboxylic acids is 1. The van der Waals surface area contributed by atoms with E-state index in [0.29, 0.717) is 25.3 Å². The summed E-state index contributed by atoms with van der Waals surface area (Å²) < 4.78 is 5.62. The monoisotopic (exact) mass is 383 g/mol. The quantitative estimate of drug-likeness (QED) is 0.555. The normalized spacial score (nSPS) is 10.5. The van der Waals surface area contributed by atoms with Gasteiger partial charge in [0.15, 0.2) is 0 Å². The number of unbranched alkanes of at least 4 members (excludes halogenated alkanes) is 1. The maximum absolute atomic E-state index is 12.0. The summed E-state index contributed by atoms with van der Waals surface area (Å²) in [6, 6.07) is 18.0. The molecule has 2 aromatic rings. The van der Waals surface area contributed by atoms with Crippen LogP contribution in [0.4, 0.5) is 0 Å². The van der Waals surface area contributed by atoms with Crippen molar-refractivity contribution in [2.45, 2.75) is 45.6 Å². The number of carbonyl (C=O) groups is 2. The average Bonchev–Trinajstić information content (AvgIpc) is 2.68. The topological polar surface area (TPSA) is 66.8 Å². The molecule has 0 fully saturated rings.